The zero-order chi connectivity index (χ0) is 18.5. The summed E-state index contributed by atoms with van der Waals surface area (Å²) in [6.07, 6.45) is 4.31. The molecule has 1 aromatic heterocycles. The highest BCUT2D eigenvalue weighted by Gasteiger charge is 2.27. The first-order chi connectivity index (χ1) is 12.6. The lowest BCUT2D eigenvalue weighted by atomic mass is 10.1. The molecule has 2 N–H and O–H groups in total. The number of nitrogens with zero attached hydrogens (tertiary/aromatic N) is 5. The number of phenolic OH excluding ortho intramolecular Hbond substituents is 1. The number of carbonyl (C=O) groups is 1. The summed E-state index contributed by atoms with van der Waals surface area (Å²) in [6.45, 7) is 2.25. The molecule has 0 atom stereocenters. The number of aromatic hydroxyl groups is 1. The number of amides is 1. The number of nitrogens with one attached hydrogen (secondary N) is 1. The highest BCUT2D eigenvalue weighted by Crippen LogP contribution is 2.16. The summed E-state index contributed by atoms with van der Waals surface area (Å²) < 4.78 is 1.69. The van der Waals surface area contributed by atoms with Crippen molar-refractivity contribution in [3.05, 3.63) is 42.2 Å². The van der Waals surface area contributed by atoms with Crippen LogP contribution >= 0.6 is 0 Å². The number of hydrogen-bond acceptors (Lipinski definition) is 4. The number of piperazine rings is 1. The van der Waals surface area contributed by atoms with Crippen molar-refractivity contribution in [1.29, 1.82) is 0 Å². The summed E-state index contributed by atoms with van der Waals surface area (Å²) in [5, 5.41) is 16.9. The van der Waals surface area contributed by atoms with E-state index in [0.717, 1.165) is 17.7 Å². The first-order valence-corrected chi connectivity index (χ1v) is 8.59. The van der Waals surface area contributed by atoms with Gasteiger partial charge in [-0.25, -0.2) is 0 Å². The number of guanidine groups is 1. The Morgan fingerprint density at radius 1 is 1.38 bits per heavy atom. The predicted molar refractivity (Wildman–Crippen MR) is 100 cm³/mol. The van der Waals surface area contributed by atoms with Crippen molar-refractivity contribution < 1.29 is 9.90 Å². The Labute approximate surface area is 152 Å². The van der Waals surface area contributed by atoms with Crippen molar-refractivity contribution in [1.82, 2.24) is 20.0 Å². The van der Waals surface area contributed by atoms with Gasteiger partial charge in [0.2, 0.25) is 5.91 Å². The van der Waals surface area contributed by atoms with Crippen molar-refractivity contribution in [3.8, 4) is 5.75 Å². The van der Waals surface area contributed by atoms with E-state index in [2.05, 4.69) is 15.4 Å². The van der Waals surface area contributed by atoms with Crippen molar-refractivity contribution >= 4 is 17.6 Å². The fourth-order valence-corrected chi connectivity index (χ4v) is 3.04. The third-order valence-electron chi connectivity index (χ3n) is 4.34. The SMILES string of the molecule is CN=C(NCCc1cccc(O)c1)N1CCN(c2cnn(C)c2)C(=O)C1. The molecular formula is C18H24N6O2. The molecular weight excluding hydrogens is 332 g/mol. The Morgan fingerprint density at radius 2 is 2.23 bits per heavy atom. The van der Waals surface area contributed by atoms with E-state index in [-0.39, 0.29) is 18.2 Å². The van der Waals surface area contributed by atoms with Gasteiger partial charge in [0.05, 0.1) is 11.9 Å². The number of benzene rings is 1. The molecule has 8 heteroatoms. The van der Waals surface area contributed by atoms with E-state index in [4.69, 9.17) is 0 Å². The first-order valence-electron chi connectivity index (χ1n) is 8.59. The zero-order valence-electron chi connectivity index (χ0n) is 15.1. The lowest BCUT2D eigenvalue weighted by molar-refractivity contribution is -0.120. The van der Waals surface area contributed by atoms with Crippen molar-refractivity contribution in [3.63, 3.8) is 0 Å². The van der Waals surface area contributed by atoms with Gasteiger partial charge in [0, 0.05) is 39.9 Å². The van der Waals surface area contributed by atoms with Crippen LogP contribution in [-0.2, 0) is 18.3 Å². The molecule has 8 nitrogen and oxygen atoms in total. The van der Waals surface area contributed by atoms with Crippen LogP contribution in [0.5, 0.6) is 5.75 Å². The Bertz CT molecular complexity index is 800. The largest absolute Gasteiger partial charge is 0.508 e. The van der Waals surface area contributed by atoms with Crippen molar-refractivity contribution in [2.75, 3.05) is 38.1 Å². The van der Waals surface area contributed by atoms with Gasteiger partial charge in [-0.05, 0) is 24.1 Å². The molecule has 0 radical (unpaired) electrons. The number of aromatic nitrogens is 2. The summed E-state index contributed by atoms with van der Waals surface area (Å²) in [4.78, 5) is 20.5. The van der Waals surface area contributed by atoms with Gasteiger partial charge in [0.25, 0.3) is 0 Å². The molecule has 1 aliphatic heterocycles. The molecule has 0 bridgehead atoms. The van der Waals surface area contributed by atoms with Crippen molar-refractivity contribution in [2.24, 2.45) is 12.0 Å². The van der Waals surface area contributed by atoms with Gasteiger partial charge in [-0.2, -0.15) is 5.10 Å². The van der Waals surface area contributed by atoms with Crippen LogP contribution in [0.25, 0.3) is 0 Å². The number of rotatable bonds is 4. The van der Waals surface area contributed by atoms with Gasteiger partial charge in [-0.1, -0.05) is 12.1 Å². The van der Waals surface area contributed by atoms with Crippen LogP contribution < -0.4 is 10.2 Å². The molecule has 2 heterocycles. The molecule has 1 fully saturated rings. The van der Waals surface area contributed by atoms with Gasteiger partial charge in [-0.3, -0.25) is 14.5 Å². The summed E-state index contributed by atoms with van der Waals surface area (Å²) in [5.41, 5.74) is 1.87. The molecule has 1 aromatic carbocycles. The van der Waals surface area contributed by atoms with E-state index < -0.39 is 0 Å². The molecule has 0 unspecified atom stereocenters. The second-order valence-corrected chi connectivity index (χ2v) is 6.23. The molecule has 138 valence electrons. The lowest BCUT2D eigenvalue weighted by Gasteiger charge is -2.35. The van der Waals surface area contributed by atoms with Gasteiger partial charge in [0.15, 0.2) is 5.96 Å². The lowest BCUT2D eigenvalue weighted by Crippen LogP contribution is -2.55. The first kappa shape index (κ1) is 17.8. The van der Waals surface area contributed by atoms with Crippen LogP contribution in [0.1, 0.15) is 5.56 Å². The quantitative estimate of drug-likeness (QED) is 0.619. The standard InChI is InChI=1S/C18H24N6O2/c1-19-18(20-7-6-14-4-3-5-16(25)10-14)23-8-9-24(17(26)13-23)15-11-21-22(2)12-15/h3-5,10-12,25H,6-9,13H2,1-2H3,(H,19,20). The van der Waals surface area contributed by atoms with E-state index in [9.17, 15) is 9.90 Å². The van der Waals surface area contributed by atoms with Crippen LogP contribution in [-0.4, -0.2) is 64.9 Å². The third-order valence-corrected chi connectivity index (χ3v) is 4.34. The average Bonchev–Trinajstić information content (AvgIpc) is 3.05. The van der Waals surface area contributed by atoms with E-state index >= 15 is 0 Å². The number of aliphatic imine (C=N–C) groups is 1. The predicted octanol–water partition coefficient (Wildman–Crippen LogP) is 0.592. The molecule has 1 aliphatic rings. The van der Waals surface area contributed by atoms with Gasteiger partial charge < -0.3 is 20.2 Å². The second kappa shape index (κ2) is 7.90. The molecule has 2 aromatic rings. The van der Waals surface area contributed by atoms with Crippen LogP contribution in [0.4, 0.5) is 5.69 Å². The molecule has 1 amide bonds. The molecule has 26 heavy (non-hydrogen) atoms. The normalized spacial score (nSPS) is 15.5. The maximum atomic E-state index is 12.5. The minimum absolute atomic E-state index is 0.0279. The monoisotopic (exact) mass is 356 g/mol. The van der Waals surface area contributed by atoms with Crippen LogP contribution in [0.3, 0.4) is 0 Å². The highest BCUT2D eigenvalue weighted by atomic mass is 16.3. The Hall–Kier alpha value is -3.03. The minimum atomic E-state index is 0.0279. The van der Waals surface area contributed by atoms with Gasteiger partial charge in [0.1, 0.15) is 12.3 Å². The number of anilines is 1. The minimum Gasteiger partial charge on any atom is -0.508 e. The maximum absolute atomic E-state index is 12.5. The third kappa shape index (κ3) is 4.14. The van der Waals surface area contributed by atoms with E-state index in [1.807, 2.05) is 30.3 Å². The van der Waals surface area contributed by atoms with Crippen LogP contribution in [0.15, 0.2) is 41.7 Å². The van der Waals surface area contributed by atoms with Gasteiger partial charge >= 0.3 is 0 Å². The molecule has 3 rings (SSSR count). The molecule has 0 aliphatic carbocycles. The average molecular weight is 356 g/mol. The fraction of sp³-hybridized carbons (Fsp3) is 0.389. The Balaban J connectivity index is 1.54. The van der Waals surface area contributed by atoms with Crippen LogP contribution in [0.2, 0.25) is 0 Å². The summed E-state index contributed by atoms with van der Waals surface area (Å²) in [5.74, 6) is 1.01. The Morgan fingerprint density at radius 3 is 2.88 bits per heavy atom. The van der Waals surface area contributed by atoms with Crippen molar-refractivity contribution in [2.45, 2.75) is 6.42 Å². The fourth-order valence-electron chi connectivity index (χ4n) is 3.04. The number of carbonyl (C=O) groups excluding carboxylic acids is 1. The number of hydrogen-bond donors (Lipinski definition) is 2. The number of aryl methyl sites for hydroxylation is 1. The molecule has 0 spiro atoms. The summed E-state index contributed by atoms with van der Waals surface area (Å²) in [6, 6.07) is 7.21. The van der Waals surface area contributed by atoms with E-state index in [0.29, 0.717) is 25.6 Å². The zero-order valence-corrected chi connectivity index (χ0v) is 15.1. The second-order valence-electron chi connectivity index (χ2n) is 6.23. The van der Waals surface area contributed by atoms with Gasteiger partial charge in [-0.15, -0.1) is 0 Å². The van der Waals surface area contributed by atoms with Crippen LogP contribution in [0, 0.1) is 0 Å². The maximum Gasteiger partial charge on any atom is 0.246 e. The van der Waals surface area contributed by atoms with E-state index in [1.54, 1.807) is 35.0 Å². The summed E-state index contributed by atoms with van der Waals surface area (Å²) >= 11 is 0. The smallest absolute Gasteiger partial charge is 0.246 e. The molecule has 1 saturated heterocycles. The highest BCUT2D eigenvalue weighted by molar-refractivity contribution is 5.98. The van der Waals surface area contributed by atoms with E-state index in [1.165, 1.54) is 0 Å². The number of phenols is 1. The Kier molecular flexibility index (Phi) is 5.40. The molecule has 0 saturated carbocycles. The summed E-state index contributed by atoms with van der Waals surface area (Å²) in [7, 11) is 3.55. The topological polar surface area (TPSA) is 86.0 Å².